The van der Waals surface area contributed by atoms with Crippen molar-refractivity contribution in [1.82, 2.24) is 15.5 Å². The Hall–Kier alpha value is -1.34. The highest BCUT2D eigenvalue weighted by Gasteiger charge is 2.18. The molecule has 0 fully saturated rings. The van der Waals surface area contributed by atoms with E-state index in [-0.39, 0.29) is 17.9 Å². The summed E-state index contributed by atoms with van der Waals surface area (Å²) in [7, 11) is 6.79. The van der Waals surface area contributed by atoms with Gasteiger partial charge in [0.15, 0.2) is 5.96 Å². The Labute approximate surface area is 134 Å². The molecule has 7 nitrogen and oxygen atoms in total. The van der Waals surface area contributed by atoms with E-state index in [1.54, 1.807) is 28.3 Å². The second-order valence-electron chi connectivity index (χ2n) is 6.13. The van der Waals surface area contributed by atoms with Crippen molar-refractivity contribution >= 4 is 11.9 Å². The van der Waals surface area contributed by atoms with Crippen molar-refractivity contribution in [2.24, 2.45) is 10.4 Å². The van der Waals surface area contributed by atoms with Crippen LogP contribution >= 0.6 is 0 Å². The molecule has 7 heteroatoms. The topological polar surface area (TPSA) is 75.2 Å². The standard InChI is InChI=1S/C15H32N4O3/c1-15(2,7-9-21-5)12-18-14(16-8-10-22-6)17-11-13(20)19(3)4/h7-12H2,1-6H3,(H2,16,17,18). The minimum atomic E-state index is -0.0357. The van der Waals surface area contributed by atoms with Crippen molar-refractivity contribution < 1.29 is 14.3 Å². The lowest BCUT2D eigenvalue weighted by Gasteiger charge is -2.26. The molecule has 0 aromatic heterocycles. The van der Waals surface area contributed by atoms with Crippen molar-refractivity contribution in [2.45, 2.75) is 20.3 Å². The van der Waals surface area contributed by atoms with E-state index >= 15 is 0 Å². The molecule has 2 N–H and O–H groups in total. The fourth-order valence-electron chi connectivity index (χ4n) is 1.52. The van der Waals surface area contributed by atoms with Gasteiger partial charge in [0, 0.05) is 48.0 Å². The number of methoxy groups -OCH3 is 2. The third-order valence-electron chi connectivity index (χ3n) is 3.19. The summed E-state index contributed by atoms with van der Waals surface area (Å²) in [4.78, 5) is 17.5. The van der Waals surface area contributed by atoms with E-state index in [4.69, 9.17) is 9.47 Å². The first kappa shape index (κ1) is 20.7. The molecular weight excluding hydrogens is 284 g/mol. The second-order valence-corrected chi connectivity index (χ2v) is 6.13. The first-order valence-electron chi connectivity index (χ1n) is 7.52. The SMILES string of the molecule is COCCNC(=NCC(=O)N(C)C)NCC(C)(C)CCOC. The fourth-order valence-corrected chi connectivity index (χ4v) is 1.52. The molecule has 0 saturated carbocycles. The Morgan fingerprint density at radius 1 is 1.14 bits per heavy atom. The fraction of sp³-hybridized carbons (Fsp3) is 0.867. The van der Waals surface area contributed by atoms with Crippen LogP contribution in [0.4, 0.5) is 0 Å². The van der Waals surface area contributed by atoms with E-state index in [1.165, 1.54) is 4.90 Å². The Morgan fingerprint density at radius 3 is 2.32 bits per heavy atom. The van der Waals surface area contributed by atoms with Crippen LogP contribution in [0.1, 0.15) is 20.3 Å². The highest BCUT2D eigenvalue weighted by Crippen LogP contribution is 2.18. The molecule has 130 valence electrons. The number of ether oxygens (including phenoxy) is 2. The Bertz CT molecular complexity index is 344. The van der Waals surface area contributed by atoms with Gasteiger partial charge >= 0.3 is 0 Å². The largest absolute Gasteiger partial charge is 0.385 e. The van der Waals surface area contributed by atoms with Gasteiger partial charge in [0.2, 0.25) is 5.91 Å². The van der Waals surface area contributed by atoms with Gasteiger partial charge in [0.25, 0.3) is 0 Å². The molecular formula is C15H32N4O3. The van der Waals surface area contributed by atoms with E-state index < -0.39 is 0 Å². The quantitative estimate of drug-likeness (QED) is 0.345. The van der Waals surface area contributed by atoms with E-state index in [1.807, 2.05) is 0 Å². The third-order valence-corrected chi connectivity index (χ3v) is 3.19. The van der Waals surface area contributed by atoms with E-state index in [0.717, 1.165) is 19.6 Å². The summed E-state index contributed by atoms with van der Waals surface area (Å²) in [6, 6.07) is 0. The van der Waals surface area contributed by atoms with Gasteiger partial charge < -0.3 is 25.0 Å². The average molecular weight is 316 g/mol. The van der Waals surface area contributed by atoms with Crippen LogP contribution in [-0.4, -0.2) is 77.9 Å². The Balaban J connectivity index is 4.51. The average Bonchev–Trinajstić information content (AvgIpc) is 2.47. The molecule has 0 spiro atoms. The molecule has 0 bridgehead atoms. The zero-order valence-corrected chi connectivity index (χ0v) is 14.9. The maximum atomic E-state index is 11.6. The molecule has 0 rings (SSSR count). The van der Waals surface area contributed by atoms with Gasteiger partial charge in [-0.2, -0.15) is 0 Å². The molecule has 0 atom stereocenters. The number of carbonyl (C=O) groups is 1. The van der Waals surface area contributed by atoms with Gasteiger partial charge in [-0.25, -0.2) is 4.99 Å². The van der Waals surface area contributed by atoms with Gasteiger partial charge in [0.1, 0.15) is 6.54 Å². The van der Waals surface area contributed by atoms with Crippen molar-refractivity contribution in [3.05, 3.63) is 0 Å². The van der Waals surface area contributed by atoms with Crippen LogP contribution in [0.2, 0.25) is 0 Å². The monoisotopic (exact) mass is 316 g/mol. The lowest BCUT2D eigenvalue weighted by atomic mass is 9.90. The maximum absolute atomic E-state index is 11.6. The molecule has 0 radical (unpaired) electrons. The number of aliphatic imine (C=N–C) groups is 1. The number of carbonyl (C=O) groups excluding carboxylic acids is 1. The van der Waals surface area contributed by atoms with Crippen LogP contribution in [0.25, 0.3) is 0 Å². The van der Waals surface area contributed by atoms with Gasteiger partial charge in [-0.3, -0.25) is 4.79 Å². The number of nitrogens with one attached hydrogen (secondary N) is 2. The number of hydrogen-bond donors (Lipinski definition) is 2. The first-order valence-corrected chi connectivity index (χ1v) is 7.52. The summed E-state index contributed by atoms with van der Waals surface area (Å²) < 4.78 is 10.1. The summed E-state index contributed by atoms with van der Waals surface area (Å²) in [5.74, 6) is 0.587. The molecule has 0 aromatic rings. The number of rotatable bonds is 10. The zero-order chi connectivity index (χ0) is 17.0. The van der Waals surface area contributed by atoms with Crippen LogP contribution in [0.15, 0.2) is 4.99 Å². The zero-order valence-electron chi connectivity index (χ0n) is 14.9. The number of amides is 1. The van der Waals surface area contributed by atoms with Crippen LogP contribution in [0.3, 0.4) is 0 Å². The Morgan fingerprint density at radius 2 is 1.77 bits per heavy atom. The predicted octanol–water partition coefficient (Wildman–Crippen LogP) is 0.319. The summed E-state index contributed by atoms with van der Waals surface area (Å²) in [5, 5.41) is 6.43. The van der Waals surface area contributed by atoms with Gasteiger partial charge in [-0.05, 0) is 11.8 Å². The maximum Gasteiger partial charge on any atom is 0.243 e. The minimum absolute atomic E-state index is 0.0357. The second kappa shape index (κ2) is 11.3. The van der Waals surface area contributed by atoms with E-state index in [2.05, 4.69) is 29.5 Å². The number of nitrogens with zero attached hydrogens (tertiary/aromatic N) is 2. The molecule has 0 heterocycles. The lowest BCUT2D eigenvalue weighted by Crippen LogP contribution is -2.44. The normalized spacial score (nSPS) is 12.2. The van der Waals surface area contributed by atoms with Gasteiger partial charge in [-0.15, -0.1) is 0 Å². The van der Waals surface area contributed by atoms with Crippen molar-refractivity contribution in [3.8, 4) is 0 Å². The van der Waals surface area contributed by atoms with Crippen molar-refractivity contribution in [1.29, 1.82) is 0 Å². The highest BCUT2D eigenvalue weighted by molar-refractivity contribution is 5.84. The smallest absolute Gasteiger partial charge is 0.243 e. The minimum Gasteiger partial charge on any atom is -0.385 e. The van der Waals surface area contributed by atoms with Crippen LogP contribution < -0.4 is 10.6 Å². The summed E-state index contributed by atoms with van der Waals surface area (Å²) in [6.45, 7) is 7.12. The van der Waals surface area contributed by atoms with E-state index in [9.17, 15) is 4.79 Å². The number of guanidine groups is 1. The molecule has 0 aliphatic heterocycles. The summed E-state index contributed by atoms with van der Waals surface area (Å²) in [5.41, 5.74) is 0.0747. The molecule has 0 aromatic carbocycles. The number of likely N-dealkylation sites (N-methyl/N-ethyl adjacent to an activating group) is 1. The highest BCUT2D eigenvalue weighted by atomic mass is 16.5. The van der Waals surface area contributed by atoms with Gasteiger partial charge in [0.05, 0.1) is 6.61 Å². The summed E-state index contributed by atoms with van der Waals surface area (Å²) in [6.07, 6.45) is 0.943. The molecule has 0 aliphatic carbocycles. The van der Waals surface area contributed by atoms with Gasteiger partial charge in [-0.1, -0.05) is 13.8 Å². The molecule has 0 unspecified atom stereocenters. The molecule has 22 heavy (non-hydrogen) atoms. The first-order chi connectivity index (χ1) is 10.3. The van der Waals surface area contributed by atoms with Crippen LogP contribution in [0.5, 0.6) is 0 Å². The molecule has 0 aliphatic rings. The van der Waals surface area contributed by atoms with Crippen molar-refractivity contribution in [3.63, 3.8) is 0 Å². The van der Waals surface area contributed by atoms with Crippen LogP contribution in [0, 0.1) is 5.41 Å². The lowest BCUT2D eigenvalue weighted by molar-refractivity contribution is -0.127. The van der Waals surface area contributed by atoms with Crippen LogP contribution in [-0.2, 0) is 14.3 Å². The Kier molecular flexibility index (Phi) is 10.6. The number of hydrogen-bond acceptors (Lipinski definition) is 4. The third kappa shape index (κ3) is 10.4. The summed E-state index contributed by atoms with van der Waals surface area (Å²) >= 11 is 0. The molecule has 0 saturated heterocycles. The predicted molar refractivity (Wildman–Crippen MR) is 89.2 cm³/mol. The van der Waals surface area contributed by atoms with Crippen molar-refractivity contribution in [2.75, 3.05) is 61.2 Å². The van der Waals surface area contributed by atoms with E-state index in [0.29, 0.717) is 19.1 Å². The molecule has 1 amide bonds.